The van der Waals surface area contributed by atoms with Gasteiger partial charge >= 0.3 is 0 Å². The highest BCUT2D eigenvalue weighted by Crippen LogP contribution is 2.31. The Kier molecular flexibility index (Phi) is 7.28. The van der Waals surface area contributed by atoms with Crippen molar-refractivity contribution in [1.82, 2.24) is 4.31 Å². The molecule has 0 unspecified atom stereocenters. The van der Waals surface area contributed by atoms with Crippen molar-refractivity contribution in [1.29, 1.82) is 0 Å². The van der Waals surface area contributed by atoms with Crippen molar-refractivity contribution >= 4 is 22.1 Å². The van der Waals surface area contributed by atoms with Crippen molar-refractivity contribution in [2.75, 3.05) is 19.5 Å². The first-order chi connectivity index (χ1) is 15.0. The molecular weight excluding hydrogens is 416 g/mol. The monoisotopic (exact) mass is 440 g/mol. The lowest BCUT2D eigenvalue weighted by atomic mass is 10.2. The molecule has 0 saturated heterocycles. The van der Waals surface area contributed by atoms with E-state index in [0.717, 1.165) is 11.1 Å². The van der Waals surface area contributed by atoms with Gasteiger partial charge in [0.05, 0.1) is 19.1 Å². The van der Waals surface area contributed by atoms with Crippen LogP contribution in [-0.4, -0.2) is 33.4 Å². The van der Waals surface area contributed by atoms with Crippen LogP contribution in [0.2, 0.25) is 0 Å². The van der Waals surface area contributed by atoms with E-state index < -0.39 is 10.0 Å². The molecule has 0 aromatic heterocycles. The molecule has 0 aliphatic carbocycles. The quantitative estimate of drug-likeness (QED) is 0.487. The molecule has 3 aromatic rings. The molecule has 1 amide bonds. The van der Waals surface area contributed by atoms with Crippen LogP contribution in [-0.2, 0) is 27.9 Å². The smallest absolute Gasteiger partial charge is 0.243 e. The molecule has 0 bridgehead atoms. The van der Waals surface area contributed by atoms with Crippen LogP contribution in [0.4, 0.5) is 5.69 Å². The maximum atomic E-state index is 13.6. The maximum Gasteiger partial charge on any atom is 0.243 e. The molecule has 0 heterocycles. The number of sulfonamides is 1. The minimum absolute atomic E-state index is 0.100. The number of benzene rings is 3. The summed E-state index contributed by atoms with van der Waals surface area (Å²) in [6, 6.07) is 21.0. The van der Waals surface area contributed by atoms with Gasteiger partial charge in [0.25, 0.3) is 0 Å². The van der Waals surface area contributed by atoms with Crippen molar-refractivity contribution < 1.29 is 22.7 Å². The fraction of sp³-hybridized carbons (Fsp3) is 0.174. The van der Waals surface area contributed by atoms with Gasteiger partial charge in [-0.3, -0.25) is 4.79 Å². The largest absolute Gasteiger partial charge is 0.493 e. The van der Waals surface area contributed by atoms with Gasteiger partial charge in [0, 0.05) is 24.8 Å². The molecule has 0 atom stereocenters. The molecule has 8 heteroatoms. The van der Waals surface area contributed by atoms with Gasteiger partial charge < -0.3 is 14.8 Å². The normalized spacial score (nSPS) is 11.2. The lowest BCUT2D eigenvalue weighted by Crippen LogP contribution is -2.30. The second-order valence-corrected chi connectivity index (χ2v) is 8.68. The number of hydrogen-bond donors (Lipinski definition) is 1. The summed E-state index contributed by atoms with van der Waals surface area (Å²) in [6.45, 7) is 0.308. The fourth-order valence-corrected chi connectivity index (χ4v) is 4.60. The lowest BCUT2D eigenvalue weighted by molar-refractivity contribution is -0.105. The van der Waals surface area contributed by atoms with Gasteiger partial charge in [0.15, 0.2) is 11.5 Å². The van der Waals surface area contributed by atoms with Crippen molar-refractivity contribution in [3.63, 3.8) is 0 Å². The molecule has 0 spiro atoms. The molecule has 3 rings (SSSR count). The van der Waals surface area contributed by atoms with Crippen LogP contribution in [0.1, 0.15) is 11.1 Å². The lowest BCUT2D eigenvalue weighted by Gasteiger charge is -2.23. The highest BCUT2D eigenvalue weighted by Gasteiger charge is 2.26. The maximum absolute atomic E-state index is 13.6. The van der Waals surface area contributed by atoms with Crippen molar-refractivity contribution in [2.24, 2.45) is 0 Å². The molecule has 0 saturated carbocycles. The fourth-order valence-electron chi connectivity index (χ4n) is 3.17. The van der Waals surface area contributed by atoms with Gasteiger partial charge in [-0.15, -0.1) is 0 Å². The van der Waals surface area contributed by atoms with Crippen LogP contribution < -0.4 is 14.8 Å². The minimum Gasteiger partial charge on any atom is -0.493 e. The molecular formula is C23H24N2O5S. The number of ether oxygens (including phenoxy) is 2. The number of carbonyl (C=O) groups is 1. The van der Waals surface area contributed by atoms with Crippen LogP contribution in [0.5, 0.6) is 11.5 Å². The Morgan fingerprint density at radius 2 is 1.52 bits per heavy atom. The van der Waals surface area contributed by atoms with E-state index in [1.807, 2.05) is 36.4 Å². The summed E-state index contributed by atoms with van der Waals surface area (Å²) in [5.41, 5.74) is 2.19. The number of hydrogen-bond acceptors (Lipinski definition) is 5. The topological polar surface area (TPSA) is 84.9 Å². The van der Waals surface area contributed by atoms with E-state index in [0.29, 0.717) is 23.6 Å². The van der Waals surface area contributed by atoms with E-state index in [9.17, 15) is 13.2 Å². The summed E-state index contributed by atoms with van der Waals surface area (Å²) in [7, 11) is -0.918. The van der Waals surface area contributed by atoms with Crippen LogP contribution in [0.15, 0.2) is 77.7 Å². The third-order valence-electron chi connectivity index (χ3n) is 4.71. The first-order valence-corrected chi connectivity index (χ1v) is 11.0. The van der Waals surface area contributed by atoms with Crippen LogP contribution in [0.25, 0.3) is 0 Å². The summed E-state index contributed by atoms with van der Waals surface area (Å²) in [5.74, 6) is 0.782. The second-order valence-electron chi connectivity index (χ2n) is 6.74. The Morgan fingerprint density at radius 1 is 0.839 bits per heavy atom. The van der Waals surface area contributed by atoms with E-state index in [1.54, 1.807) is 24.3 Å². The summed E-state index contributed by atoms with van der Waals surface area (Å²) in [5, 5.41) is 2.59. The Balaban J connectivity index is 2.00. The molecule has 162 valence electrons. The molecule has 31 heavy (non-hydrogen) atoms. The first-order valence-electron chi connectivity index (χ1n) is 9.53. The number of carbonyl (C=O) groups excluding carboxylic acids is 1. The average Bonchev–Trinajstić information content (AvgIpc) is 2.79. The van der Waals surface area contributed by atoms with E-state index >= 15 is 0 Å². The Bertz CT molecular complexity index is 1130. The highest BCUT2D eigenvalue weighted by molar-refractivity contribution is 7.89. The zero-order valence-electron chi connectivity index (χ0n) is 17.3. The van der Waals surface area contributed by atoms with E-state index in [2.05, 4.69) is 5.32 Å². The van der Waals surface area contributed by atoms with E-state index in [-0.39, 0.29) is 18.0 Å². The van der Waals surface area contributed by atoms with Gasteiger partial charge in [-0.1, -0.05) is 42.5 Å². The molecule has 0 fully saturated rings. The number of nitrogens with zero attached hydrogens (tertiary/aromatic N) is 1. The SMILES string of the molecule is COc1ccc(S(=O)(=O)N(Cc2ccccc2)Cc2cccc(NC=O)c2)cc1OC. The number of methoxy groups -OCH3 is 2. The Labute approximate surface area is 182 Å². The number of rotatable bonds is 10. The molecule has 1 N–H and O–H groups in total. The van der Waals surface area contributed by atoms with Crippen molar-refractivity contribution in [3.8, 4) is 11.5 Å². The summed E-state index contributed by atoms with van der Waals surface area (Å²) < 4.78 is 39.1. The average molecular weight is 441 g/mol. The van der Waals surface area contributed by atoms with Gasteiger partial charge in [0.2, 0.25) is 16.4 Å². The van der Waals surface area contributed by atoms with Gasteiger partial charge in [0.1, 0.15) is 0 Å². The zero-order valence-corrected chi connectivity index (χ0v) is 18.1. The minimum atomic E-state index is -3.87. The van der Waals surface area contributed by atoms with Gasteiger partial charge in [-0.25, -0.2) is 8.42 Å². The molecule has 0 aliphatic rings. The molecule has 3 aromatic carbocycles. The summed E-state index contributed by atoms with van der Waals surface area (Å²) >= 11 is 0. The predicted octanol–water partition coefficient (Wildman–Crippen LogP) is 3.66. The number of nitrogens with one attached hydrogen (secondary N) is 1. The van der Waals surface area contributed by atoms with Crippen LogP contribution in [0, 0.1) is 0 Å². The molecule has 7 nitrogen and oxygen atoms in total. The summed E-state index contributed by atoms with van der Waals surface area (Å²) in [4.78, 5) is 10.9. The second kappa shape index (κ2) is 10.1. The number of anilines is 1. The van der Waals surface area contributed by atoms with Crippen molar-refractivity contribution in [2.45, 2.75) is 18.0 Å². The molecule has 0 radical (unpaired) electrons. The van der Waals surface area contributed by atoms with E-state index in [4.69, 9.17) is 9.47 Å². The predicted molar refractivity (Wildman–Crippen MR) is 119 cm³/mol. The Morgan fingerprint density at radius 3 is 2.19 bits per heavy atom. The third kappa shape index (κ3) is 5.42. The third-order valence-corrected chi connectivity index (χ3v) is 6.49. The zero-order chi connectivity index (χ0) is 22.3. The number of amides is 1. The summed E-state index contributed by atoms with van der Waals surface area (Å²) in [6.07, 6.45) is 0.585. The highest BCUT2D eigenvalue weighted by atomic mass is 32.2. The standard InChI is InChI=1S/C23H24N2O5S/c1-29-22-12-11-21(14-23(22)30-2)31(27,28)25(15-18-7-4-3-5-8-18)16-19-9-6-10-20(13-19)24-17-26/h3-14,17H,15-16H2,1-2H3,(H,24,26). The van der Waals surface area contributed by atoms with Crippen LogP contribution >= 0.6 is 0 Å². The van der Waals surface area contributed by atoms with Gasteiger partial charge in [-0.2, -0.15) is 4.31 Å². The first kappa shape index (κ1) is 22.3. The van der Waals surface area contributed by atoms with Crippen LogP contribution in [0.3, 0.4) is 0 Å². The van der Waals surface area contributed by atoms with Crippen molar-refractivity contribution in [3.05, 3.63) is 83.9 Å². The van der Waals surface area contributed by atoms with Gasteiger partial charge in [-0.05, 0) is 35.4 Å². The molecule has 0 aliphatic heterocycles. The van der Waals surface area contributed by atoms with E-state index in [1.165, 1.54) is 30.7 Å². The Hall–Kier alpha value is -3.36.